The molecule has 2 heterocycles. The SMILES string of the molecule is CC(C)(C)C(=O)NCCn1nc(-c2cccs2)ccc1=O. The van der Waals surface area contributed by atoms with Crippen molar-refractivity contribution in [2.75, 3.05) is 6.54 Å². The van der Waals surface area contributed by atoms with Gasteiger partial charge in [-0.25, -0.2) is 4.68 Å². The fraction of sp³-hybridized carbons (Fsp3) is 0.400. The molecule has 0 aliphatic heterocycles. The molecule has 0 saturated heterocycles. The molecule has 0 spiro atoms. The highest BCUT2D eigenvalue weighted by Crippen LogP contribution is 2.20. The summed E-state index contributed by atoms with van der Waals surface area (Å²) < 4.78 is 1.39. The number of nitrogens with one attached hydrogen (secondary N) is 1. The maximum Gasteiger partial charge on any atom is 0.266 e. The van der Waals surface area contributed by atoms with Gasteiger partial charge in [-0.05, 0) is 17.5 Å². The minimum absolute atomic E-state index is 0.0371. The second-order valence-corrected chi connectivity index (χ2v) is 6.71. The third-order valence-electron chi connectivity index (χ3n) is 2.93. The van der Waals surface area contributed by atoms with Crippen molar-refractivity contribution in [2.45, 2.75) is 27.3 Å². The quantitative estimate of drug-likeness (QED) is 0.941. The van der Waals surface area contributed by atoms with Gasteiger partial charge >= 0.3 is 0 Å². The van der Waals surface area contributed by atoms with E-state index in [0.717, 1.165) is 10.6 Å². The van der Waals surface area contributed by atoms with Crippen molar-refractivity contribution in [3.63, 3.8) is 0 Å². The lowest BCUT2D eigenvalue weighted by Gasteiger charge is -2.17. The number of rotatable bonds is 4. The maximum absolute atomic E-state index is 11.8. The van der Waals surface area contributed by atoms with Crippen molar-refractivity contribution >= 4 is 17.2 Å². The van der Waals surface area contributed by atoms with Gasteiger partial charge in [0, 0.05) is 18.0 Å². The van der Waals surface area contributed by atoms with Gasteiger partial charge in [-0.2, -0.15) is 5.10 Å². The summed E-state index contributed by atoms with van der Waals surface area (Å²) in [5.74, 6) is -0.0371. The minimum Gasteiger partial charge on any atom is -0.354 e. The van der Waals surface area contributed by atoms with E-state index in [0.29, 0.717) is 13.1 Å². The molecule has 112 valence electrons. The van der Waals surface area contributed by atoms with E-state index in [1.54, 1.807) is 17.4 Å². The first kappa shape index (κ1) is 15.4. The molecule has 6 heteroatoms. The summed E-state index contributed by atoms with van der Waals surface area (Å²) in [6.45, 7) is 6.30. The Hall–Kier alpha value is -1.95. The van der Waals surface area contributed by atoms with Gasteiger partial charge in [-0.15, -0.1) is 11.3 Å². The van der Waals surface area contributed by atoms with E-state index in [-0.39, 0.29) is 11.5 Å². The zero-order valence-corrected chi connectivity index (χ0v) is 13.2. The molecule has 5 nitrogen and oxygen atoms in total. The number of hydrogen-bond acceptors (Lipinski definition) is 4. The van der Waals surface area contributed by atoms with Crippen LogP contribution in [0.4, 0.5) is 0 Å². The van der Waals surface area contributed by atoms with Crippen LogP contribution in [-0.4, -0.2) is 22.2 Å². The lowest BCUT2D eigenvalue weighted by Crippen LogP contribution is -2.38. The number of aromatic nitrogens is 2. The Morgan fingerprint density at radius 2 is 2.10 bits per heavy atom. The average molecular weight is 305 g/mol. The highest BCUT2D eigenvalue weighted by Gasteiger charge is 2.20. The van der Waals surface area contributed by atoms with Gasteiger partial charge in [-0.3, -0.25) is 9.59 Å². The van der Waals surface area contributed by atoms with E-state index in [1.807, 2.05) is 38.3 Å². The van der Waals surface area contributed by atoms with Crippen LogP contribution in [0.1, 0.15) is 20.8 Å². The van der Waals surface area contributed by atoms with Crippen LogP contribution >= 0.6 is 11.3 Å². The number of carbonyl (C=O) groups excluding carboxylic acids is 1. The molecule has 1 N–H and O–H groups in total. The molecule has 0 atom stereocenters. The monoisotopic (exact) mass is 305 g/mol. The van der Waals surface area contributed by atoms with Crippen molar-refractivity contribution < 1.29 is 4.79 Å². The molecular weight excluding hydrogens is 286 g/mol. The van der Waals surface area contributed by atoms with Crippen LogP contribution in [0.5, 0.6) is 0 Å². The lowest BCUT2D eigenvalue weighted by atomic mass is 9.96. The van der Waals surface area contributed by atoms with Crippen molar-refractivity contribution in [2.24, 2.45) is 5.41 Å². The molecule has 21 heavy (non-hydrogen) atoms. The van der Waals surface area contributed by atoms with E-state index in [9.17, 15) is 9.59 Å². The molecule has 0 aromatic carbocycles. The van der Waals surface area contributed by atoms with Crippen LogP contribution in [-0.2, 0) is 11.3 Å². The first-order valence-electron chi connectivity index (χ1n) is 6.78. The Balaban J connectivity index is 2.05. The topological polar surface area (TPSA) is 64.0 Å². The van der Waals surface area contributed by atoms with Crippen molar-refractivity contribution in [3.8, 4) is 10.6 Å². The molecular formula is C15H19N3O2S. The maximum atomic E-state index is 11.8. The van der Waals surface area contributed by atoms with E-state index in [1.165, 1.54) is 10.7 Å². The van der Waals surface area contributed by atoms with Crippen molar-refractivity contribution in [1.82, 2.24) is 15.1 Å². The molecule has 2 aromatic rings. The minimum atomic E-state index is -0.433. The molecule has 0 aliphatic carbocycles. The molecule has 0 saturated carbocycles. The molecule has 1 amide bonds. The summed E-state index contributed by atoms with van der Waals surface area (Å²) in [6, 6.07) is 7.13. The first-order chi connectivity index (χ1) is 9.88. The Labute approximate surface area is 127 Å². The summed E-state index contributed by atoms with van der Waals surface area (Å²) in [4.78, 5) is 24.6. The van der Waals surface area contributed by atoms with Crippen molar-refractivity contribution in [3.05, 3.63) is 40.0 Å². The van der Waals surface area contributed by atoms with Crippen LogP contribution in [0.25, 0.3) is 10.6 Å². The van der Waals surface area contributed by atoms with Crippen LogP contribution < -0.4 is 10.9 Å². The summed E-state index contributed by atoms with van der Waals surface area (Å²) in [6.07, 6.45) is 0. The fourth-order valence-electron chi connectivity index (χ4n) is 1.71. The first-order valence-corrected chi connectivity index (χ1v) is 7.66. The molecule has 0 fully saturated rings. The van der Waals surface area contributed by atoms with Gasteiger partial charge < -0.3 is 5.32 Å². The summed E-state index contributed by atoms with van der Waals surface area (Å²) >= 11 is 1.58. The zero-order chi connectivity index (χ0) is 15.5. The molecule has 2 aromatic heterocycles. The third-order valence-corrected chi connectivity index (χ3v) is 3.82. The number of thiophene rings is 1. The largest absolute Gasteiger partial charge is 0.354 e. The summed E-state index contributed by atoms with van der Waals surface area (Å²) in [7, 11) is 0. The van der Waals surface area contributed by atoms with Crippen LogP contribution in [0.3, 0.4) is 0 Å². The molecule has 0 bridgehead atoms. The van der Waals surface area contributed by atoms with E-state index >= 15 is 0 Å². The summed E-state index contributed by atoms with van der Waals surface area (Å²) in [5.41, 5.74) is 0.170. The smallest absolute Gasteiger partial charge is 0.266 e. The van der Waals surface area contributed by atoms with Crippen molar-refractivity contribution in [1.29, 1.82) is 0 Å². The normalized spacial score (nSPS) is 11.4. The highest BCUT2D eigenvalue weighted by atomic mass is 32.1. The van der Waals surface area contributed by atoms with Gasteiger partial charge in [-0.1, -0.05) is 26.8 Å². The van der Waals surface area contributed by atoms with E-state index < -0.39 is 5.41 Å². The lowest BCUT2D eigenvalue weighted by molar-refractivity contribution is -0.128. The third kappa shape index (κ3) is 4.01. The second kappa shape index (κ2) is 6.22. The zero-order valence-electron chi connectivity index (χ0n) is 12.4. The predicted octanol–water partition coefficient (Wildman–Crippen LogP) is 2.13. The molecule has 0 unspecified atom stereocenters. The van der Waals surface area contributed by atoms with Crippen LogP contribution in [0.2, 0.25) is 0 Å². The Morgan fingerprint density at radius 1 is 1.33 bits per heavy atom. The van der Waals surface area contributed by atoms with Crippen LogP contribution in [0, 0.1) is 5.41 Å². The molecule has 0 radical (unpaired) electrons. The number of amides is 1. The number of nitrogens with zero attached hydrogens (tertiary/aromatic N) is 2. The fourth-order valence-corrected chi connectivity index (χ4v) is 2.40. The Bertz CT molecular complexity index is 669. The summed E-state index contributed by atoms with van der Waals surface area (Å²) in [5, 5.41) is 9.12. The Morgan fingerprint density at radius 3 is 2.71 bits per heavy atom. The standard InChI is InChI=1S/C15H19N3O2S/c1-15(2,3)14(20)16-8-9-18-13(19)7-6-11(17-18)12-5-4-10-21-12/h4-7,10H,8-9H2,1-3H3,(H,16,20). The van der Waals surface area contributed by atoms with Gasteiger partial charge in [0.25, 0.3) is 5.56 Å². The predicted molar refractivity (Wildman–Crippen MR) is 84.3 cm³/mol. The second-order valence-electron chi connectivity index (χ2n) is 5.76. The number of hydrogen-bond donors (Lipinski definition) is 1. The van der Waals surface area contributed by atoms with E-state index in [2.05, 4.69) is 10.4 Å². The average Bonchev–Trinajstić information content (AvgIpc) is 2.93. The number of carbonyl (C=O) groups is 1. The molecule has 2 rings (SSSR count). The highest BCUT2D eigenvalue weighted by molar-refractivity contribution is 7.13. The Kier molecular flexibility index (Phi) is 4.57. The molecule has 0 aliphatic rings. The van der Waals surface area contributed by atoms with E-state index in [4.69, 9.17) is 0 Å². The van der Waals surface area contributed by atoms with Crippen LogP contribution in [0.15, 0.2) is 34.4 Å². The van der Waals surface area contributed by atoms with Gasteiger partial charge in [0.2, 0.25) is 5.91 Å². The van der Waals surface area contributed by atoms with Gasteiger partial charge in [0.1, 0.15) is 5.69 Å². The van der Waals surface area contributed by atoms with Gasteiger partial charge in [0.05, 0.1) is 11.4 Å². The van der Waals surface area contributed by atoms with Gasteiger partial charge in [0.15, 0.2) is 0 Å².